The van der Waals surface area contributed by atoms with Gasteiger partial charge >= 0.3 is 5.69 Å². The summed E-state index contributed by atoms with van der Waals surface area (Å²) in [5.41, 5.74) is 0.664. The number of nitrogens with one attached hydrogen (secondary N) is 1. The van der Waals surface area contributed by atoms with Gasteiger partial charge in [-0.25, -0.2) is 0 Å². The average Bonchev–Trinajstić information content (AvgIpc) is 2.79. The van der Waals surface area contributed by atoms with Gasteiger partial charge in [0.1, 0.15) is 17.9 Å². The molecule has 1 aliphatic rings. The first-order valence-electron chi connectivity index (χ1n) is 8.57. The van der Waals surface area contributed by atoms with Crippen LogP contribution in [0.15, 0.2) is 0 Å². The van der Waals surface area contributed by atoms with E-state index in [1.54, 1.807) is 13.8 Å². The van der Waals surface area contributed by atoms with Gasteiger partial charge in [0.05, 0.1) is 17.6 Å². The Morgan fingerprint density at radius 3 is 2.80 bits per heavy atom. The monoisotopic (exact) mass is 353 g/mol. The maximum Gasteiger partial charge on any atom is 0.312 e. The van der Waals surface area contributed by atoms with Crippen molar-refractivity contribution >= 4 is 11.6 Å². The molecule has 1 fully saturated rings. The van der Waals surface area contributed by atoms with Crippen LogP contribution < -0.4 is 5.32 Å². The Labute approximate surface area is 147 Å². The van der Waals surface area contributed by atoms with Crippen LogP contribution in [0.25, 0.3) is 0 Å². The predicted molar refractivity (Wildman–Crippen MR) is 92.4 cm³/mol. The van der Waals surface area contributed by atoms with Gasteiger partial charge in [0.25, 0.3) is 0 Å². The Kier molecular flexibility index (Phi) is 6.49. The number of ether oxygens (including phenoxy) is 1. The number of nitro groups is 1. The molecule has 9 nitrogen and oxygen atoms in total. The predicted octanol–water partition coefficient (Wildman–Crippen LogP) is 0.881. The smallest absolute Gasteiger partial charge is 0.312 e. The van der Waals surface area contributed by atoms with E-state index < -0.39 is 4.92 Å². The van der Waals surface area contributed by atoms with Crippen LogP contribution in [-0.4, -0.2) is 64.4 Å². The topological polar surface area (TPSA) is 103 Å². The van der Waals surface area contributed by atoms with Crippen LogP contribution >= 0.6 is 0 Å². The normalized spacial score (nSPS) is 18.5. The van der Waals surface area contributed by atoms with Gasteiger partial charge in [-0.3, -0.25) is 24.5 Å². The minimum Gasteiger partial charge on any atom is -0.374 e. The van der Waals surface area contributed by atoms with Gasteiger partial charge in [-0.05, 0) is 19.8 Å². The molecule has 1 aromatic heterocycles. The van der Waals surface area contributed by atoms with E-state index in [0.717, 1.165) is 19.6 Å². The van der Waals surface area contributed by atoms with E-state index in [-0.39, 0.29) is 24.2 Å². The fourth-order valence-electron chi connectivity index (χ4n) is 3.11. The number of amides is 1. The van der Waals surface area contributed by atoms with Crippen molar-refractivity contribution in [1.82, 2.24) is 20.0 Å². The molecule has 9 heteroatoms. The van der Waals surface area contributed by atoms with Crippen molar-refractivity contribution < 1.29 is 14.5 Å². The summed E-state index contributed by atoms with van der Waals surface area (Å²) in [6, 6.07) is 0. The largest absolute Gasteiger partial charge is 0.374 e. The molecule has 0 radical (unpaired) electrons. The van der Waals surface area contributed by atoms with E-state index in [1.807, 2.05) is 0 Å². The molecule has 0 saturated carbocycles. The van der Waals surface area contributed by atoms with Crippen LogP contribution in [0.4, 0.5) is 5.69 Å². The summed E-state index contributed by atoms with van der Waals surface area (Å²) in [5, 5.41) is 17.9. The van der Waals surface area contributed by atoms with Crippen LogP contribution in [0, 0.1) is 29.9 Å². The maximum absolute atomic E-state index is 12.1. The van der Waals surface area contributed by atoms with Crippen molar-refractivity contribution in [2.75, 3.05) is 32.8 Å². The van der Waals surface area contributed by atoms with Crippen molar-refractivity contribution in [3.63, 3.8) is 0 Å². The van der Waals surface area contributed by atoms with Crippen LogP contribution in [0.5, 0.6) is 0 Å². The molecule has 0 bridgehead atoms. The molecule has 1 N–H and O–H groups in total. The first kappa shape index (κ1) is 19.3. The van der Waals surface area contributed by atoms with E-state index in [9.17, 15) is 14.9 Å². The highest BCUT2D eigenvalue weighted by Gasteiger charge is 2.24. The Hall–Kier alpha value is -2.00. The van der Waals surface area contributed by atoms with Crippen LogP contribution in [0.3, 0.4) is 0 Å². The first-order chi connectivity index (χ1) is 11.8. The number of carbonyl (C=O) groups excluding carboxylic acids is 1. The summed E-state index contributed by atoms with van der Waals surface area (Å²) >= 11 is 0. The van der Waals surface area contributed by atoms with Gasteiger partial charge in [0, 0.05) is 26.2 Å². The molecule has 1 aromatic rings. The van der Waals surface area contributed by atoms with Crippen LogP contribution in [0.1, 0.15) is 25.2 Å². The Bertz CT molecular complexity index is 628. The molecule has 1 aliphatic heterocycles. The molecule has 1 atom stereocenters. The van der Waals surface area contributed by atoms with Gasteiger partial charge in [-0.1, -0.05) is 13.8 Å². The number of rotatable bonds is 7. The SMILES string of the molecule is Cc1nn(CC(=O)NCC2CN(CC(C)C)CCO2)c(C)c1[N+](=O)[O-]. The lowest BCUT2D eigenvalue weighted by Gasteiger charge is -2.33. The molecule has 0 aromatic carbocycles. The third kappa shape index (κ3) is 5.23. The minimum atomic E-state index is -0.467. The lowest BCUT2D eigenvalue weighted by molar-refractivity contribution is -0.386. The van der Waals surface area contributed by atoms with E-state index in [1.165, 1.54) is 4.68 Å². The second-order valence-corrected chi connectivity index (χ2v) is 6.88. The zero-order valence-corrected chi connectivity index (χ0v) is 15.3. The number of carbonyl (C=O) groups is 1. The number of nitrogens with zero attached hydrogens (tertiary/aromatic N) is 4. The third-order valence-electron chi connectivity index (χ3n) is 4.19. The Morgan fingerprint density at radius 1 is 1.48 bits per heavy atom. The Morgan fingerprint density at radius 2 is 2.20 bits per heavy atom. The summed E-state index contributed by atoms with van der Waals surface area (Å²) < 4.78 is 7.07. The zero-order chi connectivity index (χ0) is 18.6. The number of aromatic nitrogens is 2. The lowest BCUT2D eigenvalue weighted by atomic mass is 10.2. The number of hydrogen-bond donors (Lipinski definition) is 1. The molecule has 25 heavy (non-hydrogen) atoms. The summed E-state index contributed by atoms with van der Waals surface area (Å²) in [5.74, 6) is 0.361. The molecule has 0 spiro atoms. The second kappa shape index (κ2) is 8.39. The van der Waals surface area contributed by atoms with E-state index >= 15 is 0 Å². The molecule has 1 saturated heterocycles. The summed E-state index contributed by atoms with van der Waals surface area (Å²) in [7, 11) is 0. The standard InChI is InChI=1S/C16H27N5O4/c1-11(2)8-19-5-6-25-14(9-19)7-17-15(22)10-20-13(4)16(21(23)24)12(3)18-20/h11,14H,5-10H2,1-4H3,(H,17,22). The highest BCUT2D eigenvalue weighted by molar-refractivity contribution is 5.75. The molecular formula is C16H27N5O4. The average molecular weight is 353 g/mol. The molecule has 1 unspecified atom stereocenters. The highest BCUT2D eigenvalue weighted by Crippen LogP contribution is 2.21. The zero-order valence-electron chi connectivity index (χ0n) is 15.3. The van der Waals surface area contributed by atoms with Crippen molar-refractivity contribution in [3.05, 3.63) is 21.5 Å². The van der Waals surface area contributed by atoms with Crippen molar-refractivity contribution in [2.45, 2.75) is 40.3 Å². The summed E-state index contributed by atoms with van der Waals surface area (Å²) in [4.78, 5) is 25.0. The summed E-state index contributed by atoms with van der Waals surface area (Å²) in [6.45, 7) is 11.3. The highest BCUT2D eigenvalue weighted by atomic mass is 16.6. The van der Waals surface area contributed by atoms with Gasteiger partial charge < -0.3 is 10.1 Å². The number of morpholine rings is 1. The molecule has 2 rings (SSSR count). The number of aryl methyl sites for hydroxylation is 1. The van der Waals surface area contributed by atoms with Crippen molar-refractivity contribution in [2.24, 2.45) is 5.92 Å². The molecule has 140 valence electrons. The molecule has 1 amide bonds. The molecule has 0 aliphatic carbocycles. The molecular weight excluding hydrogens is 326 g/mol. The van der Waals surface area contributed by atoms with E-state index in [0.29, 0.717) is 30.5 Å². The van der Waals surface area contributed by atoms with Crippen LogP contribution in [-0.2, 0) is 16.1 Å². The second-order valence-electron chi connectivity index (χ2n) is 6.88. The quantitative estimate of drug-likeness (QED) is 0.577. The fourth-order valence-corrected chi connectivity index (χ4v) is 3.11. The summed E-state index contributed by atoms with van der Waals surface area (Å²) in [6.07, 6.45) is -0.0359. The van der Waals surface area contributed by atoms with Crippen molar-refractivity contribution in [3.8, 4) is 0 Å². The Balaban J connectivity index is 1.85. The minimum absolute atomic E-state index is 0.0345. The maximum atomic E-state index is 12.1. The van der Waals surface area contributed by atoms with Gasteiger partial charge in [-0.2, -0.15) is 5.10 Å². The lowest BCUT2D eigenvalue weighted by Crippen LogP contribution is -2.48. The fraction of sp³-hybridized carbons (Fsp3) is 0.750. The van der Waals surface area contributed by atoms with Crippen LogP contribution in [0.2, 0.25) is 0 Å². The van der Waals surface area contributed by atoms with Gasteiger partial charge in [0.15, 0.2) is 0 Å². The first-order valence-corrected chi connectivity index (χ1v) is 8.57. The number of hydrogen-bond acceptors (Lipinski definition) is 6. The van der Waals surface area contributed by atoms with E-state index in [2.05, 4.69) is 29.2 Å². The van der Waals surface area contributed by atoms with Gasteiger partial charge in [-0.15, -0.1) is 0 Å². The molecule has 2 heterocycles. The van der Waals surface area contributed by atoms with Crippen molar-refractivity contribution in [1.29, 1.82) is 0 Å². The van der Waals surface area contributed by atoms with Gasteiger partial charge in [0.2, 0.25) is 5.91 Å². The third-order valence-corrected chi connectivity index (χ3v) is 4.19. The van der Waals surface area contributed by atoms with E-state index in [4.69, 9.17) is 4.74 Å².